The minimum absolute atomic E-state index is 0.343. The van der Waals surface area contributed by atoms with Gasteiger partial charge in [0.15, 0.2) is 5.82 Å². The maximum absolute atomic E-state index is 5.69. The molecule has 6 nitrogen and oxygen atoms in total. The van der Waals surface area contributed by atoms with Crippen LogP contribution in [0, 0.1) is 4.77 Å². The lowest BCUT2D eigenvalue weighted by atomic mass is 10.2. The average molecular weight is 223 g/mol. The number of nitrogens with two attached hydrogens (primary N) is 1. The van der Waals surface area contributed by atoms with E-state index in [1.54, 1.807) is 18.3 Å². The van der Waals surface area contributed by atoms with Crippen LogP contribution in [0.3, 0.4) is 0 Å². The zero-order valence-corrected chi connectivity index (χ0v) is 8.78. The minimum atomic E-state index is 0.343. The molecular formula is C8H9N5OS. The molecule has 2 heterocycles. The van der Waals surface area contributed by atoms with E-state index in [0.717, 1.165) is 0 Å². The Kier molecular flexibility index (Phi) is 2.38. The summed E-state index contributed by atoms with van der Waals surface area (Å²) in [5.74, 6) is 6.64. The van der Waals surface area contributed by atoms with Gasteiger partial charge in [0.25, 0.3) is 0 Å². The highest BCUT2D eigenvalue weighted by atomic mass is 32.1. The number of aromatic nitrogens is 4. The molecule has 0 atom stereocenters. The molecule has 0 amide bonds. The summed E-state index contributed by atoms with van der Waals surface area (Å²) in [6.07, 6.45) is 1.63. The number of H-pyrrole nitrogens is 1. The van der Waals surface area contributed by atoms with Crippen molar-refractivity contribution in [1.82, 2.24) is 19.9 Å². The number of nitrogen functional groups attached to an aromatic ring is 1. The smallest absolute Gasteiger partial charge is 0.224 e. The van der Waals surface area contributed by atoms with E-state index in [0.29, 0.717) is 22.0 Å². The first kappa shape index (κ1) is 9.66. The number of methoxy groups -OCH3 is 1. The fourth-order valence-corrected chi connectivity index (χ4v) is 1.35. The molecule has 0 bridgehead atoms. The maximum Gasteiger partial charge on any atom is 0.224 e. The molecule has 0 aliphatic carbocycles. The SMILES string of the molecule is COc1ncccc1-c1n[nH]c(=S)n1N. The standard InChI is InChI=1S/C8H9N5OS/c1-14-7-5(3-2-4-10-7)6-11-12-8(15)13(6)9/h2-4H,9H2,1H3,(H,12,15). The topological polar surface area (TPSA) is 81.8 Å². The highest BCUT2D eigenvalue weighted by molar-refractivity contribution is 7.71. The van der Waals surface area contributed by atoms with E-state index < -0.39 is 0 Å². The highest BCUT2D eigenvalue weighted by Gasteiger charge is 2.12. The molecule has 0 unspecified atom stereocenters. The van der Waals surface area contributed by atoms with Crippen LogP contribution < -0.4 is 10.6 Å². The fraction of sp³-hybridized carbons (Fsp3) is 0.125. The maximum atomic E-state index is 5.69. The highest BCUT2D eigenvalue weighted by Crippen LogP contribution is 2.24. The van der Waals surface area contributed by atoms with Crippen molar-refractivity contribution in [2.45, 2.75) is 0 Å². The first-order valence-electron chi connectivity index (χ1n) is 4.16. The van der Waals surface area contributed by atoms with Gasteiger partial charge in [-0.15, -0.1) is 0 Å². The van der Waals surface area contributed by atoms with Crippen molar-refractivity contribution in [2.24, 2.45) is 0 Å². The summed E-state index contributed by atoms with van der Waals surface area (Å²) in [6, 6.07) is 3.58. The van der Waals surface area contributed by atoms with Crippen LogP contribution in [0.25, 0.3) is 11.4 Å². The van der Waals surface area contributed by atoms with Crippen molar-refractivity contribution in [3.05, 3.63) is 23.1 Å². The Morgan fingerprint density at radius 2 is 2.40 bits per heavy atom. The van der Waals surface area contributed by atoms with Crippen LogP contribution >= 0.6 is 12.2 Å². The molecular weight excluding hydrogens is 214 g/mol. The van der Waals surface area contributed by atoms with Crippen molar-refractivity contribution >= 4 is 12.2 Å². The molecule has 3 N–H and O–H groups in total. The second kappa shape index (κ2) is 3.70. The van der Waals surface area contributed by atoms with E-state index in [2.05, 4.69) is 15.2 Å². The zero-order valence-electron chi connectivity index (χ0n) is 7.97. The zero-order chi connectivity index (χ0) is 10.8. The summed E-state index contributed by atoms with van der Waals surface area (Å²) < 4.78 is 6.71. The molecule has 0 aromatic carbocycles. The van der Waals surface area contributed by atoms with Crippen molar-refractivity contribution in [3.63, 3.8) is 0 Å². The number of pyridine rings is 1. The van der Waals surface area contributed by atoms with Gasteiger partial charge in [0.1, 0.15) is 0 Å². The van der Waals surface area contributed by atoms with Crippen molar-refractivity contribution in [3.8, 4) is 17.3 Å². The normalized spacial score (nSPS) is 10.2. The third-order valence-corrected chi connectivity index (χ3v) is 2.20. The van der Waals surface area contributed by atoms with Gasteiger partial charge in [-0.05, 0) is 24.4 Å². The van der Waals surface area contributed by atoms with Gasteiger partial charge >= 0.3 is 0 Å². The van der Waals surface area contributed by atoms with Crippen LogP contribution in [-0.2, 0) is 0 Å². The van der Waals surface area contributed by atoms with Gasteiger partial charge in [0.05, 0.1) is 12.7 Å². The summed E-state index contributed by atoms with van der Waals surface area (Å²) >= 11 is 4.91. The monoisotopic (exact) mass is 223 g/mol. The van der Waals surface area contributed by atoms with E-state index in [1.807, 2.05) is 0 Å². The van der Waals surface area contributed by atoms with Gasteiger partial charge in [-0.2, -0.15) is 5.10 Å². The first-order chi connectivity index (χ1) is 7.24. The van der Waals surface area contributed by atoms with Crippen LogP contribution in [0.2, 0.25) is 0 Å². The molecule has 0 aliphatic heterocycles. The quantitative estimate of drug-likeness (QED) is 0.579. The third-order valence-electron chi connectivity index (χ3n) is 1.91. The van der Waals surface area contributed by atoms with Gasteiger partial charge in [0, 0.05) is 6.20 Å². The Hall–Kier alpha value is -1.89. The summed E-state index contributed by atoms with van der Waals surface area (Å²) in [6.45, 7) is 0. The summed E-state index contributed by atoms with van der Waals surface area (Å²) in [7, 11) is 1.54. The number of nitrogens with one attached hydrogen (secondary N) is 1. The Balaban J connectivity index is 2.63. The van der Waals surface area contributed by atoms with Gasteiger partial charge in [-0.25, -0.2) is 14.8 Å². The number of rotatable bonds is 2. The Morgan fingerprint density at radius 3 is 3.00 bits per heavy atom. The lowest BCUT2D eigenvalue weighted by Crippen LogP contribution is -2.10. The van der Waals surface area contributed by atoms with Gasteiger partial charge < -0.3 is 10.6 Å². The number of aromatic amines is 1. The number of hydrogen-bond donors (Lipinski definition) is 2. The molecule has 0 radical (unpaired) electrons. The predicted molar refractivity (Wildman–Crippen MR) is 57.3 cm³/mol. The van der Waals surface area contributed by atoms with Crippen molar-refractivity contribution in [2.75, 3.05) is 13.0 Å². The summed E-state index contributed by atoms with van der Waals surface area (Å²) in [4.78, 5) is 4.04. The van der Waals surface area contributed by atoms with Crippen molar-refractivity contribution < 1.29 is 4.74 Å². The molecule has 0 saturated heterocycles. The molecule has 15 heavy (non-hydrogen) atoms. The lowest BCUT2D eigenvalue weighted by Gasteiger charge is -2.04. The van der Waals surface area contributed by atoms with E-state index in [-0.39, 0.29) is 0 Å². The molecule has 7 heteroatoms. The van der Waals surface area contributed by atoms with Gasteiger partial charge in [-0.1, -0.05) is 0 Å². The Bertz CT molecular complexity index is 532. The van der Waals surface area contributed by atoms with Gasteiger partial charge in [0.2, 0.25) is 10.7 Å². The van der Waals surface area contributed by atoms with E-state index >= 15 is 0 Å². The van der Waals surface area contributed by atoms with Gasteiger partial charge in [-0.3, -0.25) is 0 Å². The predicted octanol–water partition coefficient (Wildman–Crippen LogP) is 0.725. The number of nitrogens with zero attached hydrogens (tertiary/aromatic N) is 3. The van der Waals surface area contributed by atoms with E-state index in [1.165, 1.54) is 11.8 Å². The number of ether oxygens (including phenoxy) is 1. The average Bonchev–Trinajstić information content (AvgIpc) is 2.60. The number of hydrogen-bond acceptors (Lipinski definition) is 5. The van der Waals surface area contributed by atoms with Crippen LogP contribution in [0.5, 0.6) is 5.88 Å². The van der Waals surface area contributed by atoms with Crippen molar-refractivity contribution in [1.29, 1.82) is 0 Å². The molecule has 2 aromatic rings. The summed E-state index contributed by atoms with van der Waals surface area (Å²) in [5, 5.41) is 6.59. The molecule has 2 aromatic heterocycles. The lowest BCUT2D eigenvalue weighted by molar-refractivity contribution is 0.399. The van der Waals surface area contributed by atoms with Crippen LogP contribution in [0.1, 0.15) is 0 Å². The molecule has 78 valence electrons. The van der Waals surface area contributed by atoms with E-state index in [9.17, 15) is 0 Å². The fourth-order valence-electron chi connectivity index (χ4n) is 1.22. The van der Waals surface area contributed by atoms with Crippen LogP contribution in [-0.4, -0.2) is 27.0 Å². The minimum Gasteiger partial charge on any atom is -0.480 e. The van der Waals surface area contributed by atoms with Crippen LogP contribution in [0.15, 0.2) is 18.3 Å². The molecule has 0 aliphatic rings. The summed E-state index contributed by atoms with van der Waals surface area (Å²) in [5.41, 5.74) is 0.690. The molecule has 0 spiro atoms. The molecule has 2 rings (SSSR count). The first-order valence-corrected chi connectivity index (χ1v) is 4.56. The molecule has 0 fully saturated rings. The Morgan fingerprint density at radius 1 is 1.60 bits per heavy atom. The second-order valence-electron chi connectivity index (χ2n) is 2.78. The largest absolute Gasteiger partial charge is 0.480 e. The van der Waals surface area contributed by atoms with E-state index in [4.69, 9.17) is 22.8 Å². The van der Waals surface area contributed by atoms with Crippen LogP contribution in [0.4, 0.5) is 0 Å². The third kappa shape index (κ3) is 1.57. The molecule has 0 saturated carbocycles. The Labute approximate surface area is 90.7 Å². The second-order valence-corrected chi connectivity index (χ2v) is 3.17.